The number of benzene rings is 2. The Morgan fingerprint density at radius 1 is 1.00 bits per heavy atom. The summed E-state index contributed by atoms with van der Waals surface area (Å²) < 4.78 is 5.63. The summed E-state index contributed by atoms with van der Waals surface area (Å²) in [5, 5.41) is 15.1. The van der Waals surface area contributed by atoms with Crippen LogP contribution < -0.4 is 10.6 Å². The fraction of sp³-hybridized carbons (Fsp3) is 0.464. The molecule has 2 aromatic carbocycles. The summed E-state index contributed by atoms with van der Waals surface area (Å²) in [7, 11) is 0. The molecule has 35 heavy (non-hydrogen) atoms. The van der Waals surface area contributed by atoms with E-state index in [1.807, 2.05) is 31.2 Å². The molecule has 0 saturated heterocycles. The van der Waals surface area contributed by atoms with Crippen LogP contribution in [-0.2, 0) is 14.3 Å². The van der Waals surface area contributed by atoms with E-state index in [4.69, 9.17) is 4.74 Å². The molecule has 0 heterocycles. The highest BCUT2D eigenvalue weighted by Gasteiger charge is 2.50. The Bertz CT molecular complexity index is 1090. The number of carboxylic acid groups (broad SMARTS) is 1. The molecular weight excluding hydrogens is 444 g/mol. The smallest absolute Gasteiger partial charge is 0.407 e. The number of ether oxygens (including phenoxy) is 1. The predicted molar refractivity (Wildman–Crippen MR) is 131 cm³/mol. The zero-order chi connectivity index (χ0) is 24.5. The van der Waals surface area contributed by atoms with Gasteiger partial charge >= 0.3 is 12.1 Å². The molecule has 0 aliphatic heterocycles. The molecule has 2 aromatic rings. The monoisotopic (exact) mass is 476 g/mol. The van der Waals surface area contributed by atoms with Gasteiger partial charge in [0.15, 0.2) is 0 Å². The lowest BCUT2D eigenvalue weighted by molar-refractivity contribution is -0.141. The van der Waals surface area contributed by atoms with Crippen LogP contribution in [0.2, 0.25) is 0 Å². The number of alkyl carbamates (subject to hydrolysis) is 1. The molecule has 184 valence electrons. The predicted octanol–water partition coefficient (Wildman–Crippen LogP) is 4.31. The normalized spacial score (nSPS) is 24.9. The molecule has 5 rings (SSSR count). The zero-order valence-electron chi connectivity index (χ0n) is 19.9. The fourth-order valence-electron chi connectivity index (χ4n) is 6.22. The highest BCUT2D eigenvalue weighted by atomic mass is 16.5. The van der Waals surface area contributed by atoms with Crippen LogP contribution >= 0.6 is 0 Å². The number of nitrogens with one attached hydrogen (secondary N) is 2. The number of carboxylic acids is 1. The van der Waals surface area contributed by atoms with E-state index in [9.17, 15) is 19.5 Å². The molecule has 7 heteroatoms. The van der Waals surface area contributed by atoms with Crippen molar-refractivity contribution in [2.24, 2.45) is 17.8 Å². The molecule has 3 N–H and O–H groups in total. The summed E-state index contributed by atoms with van der Waals surface area (Å²) in [6.45, 7) is 2.16. The number of hydrogen-bond acceptors (Lipinski definition) is 4. The summed E-state index contributed by atoms with van der Waals surface area (Å²) in [6.07, 6.45) is 2.77. The van der Waals surface area contributed by atoms with E-state index in [0.29, 0.717) is 25.2 Å². The topological polar surface area (TPSA) is 105 Å². The van der Waals surface area contributed by atoms with E-state index < -0.39 is 18.1 Å². The Balaban J connectivity index is 1.17. The van der Waals surface area contributed by atoms with Gasteiger partial charge in [0.05, 0.1) is 5.92 Å². The fourth-order valence-corrected chi connectivity index (χ4v) is 6.22. The lowest BCUT2D eigenvalue weighted by Crippen LogP contribution is -2.56. The largest absolute Gasteiger partial charge is 0.481 e. The van der Waals surface area contributed by atoms with Crippen LogP contribution in [0, 0.1) is 17.8 Å². The first-order chi connectivity index (χ1) is 17.0. The van der Waals surface area contributed by atoms with E-state index in [1.54, 1.807) is 0 Å². The summed E-state index contributed by atoms with van der Waals surface area (Å²) >= 11 is 0. The number of amides is 2. The van der Waals surface area contributed by atoms with Crippen LogP contribution in [0.3, 0.4) is 0 Å². The van der Waals surface area contributed by atoms with Crippen molar-refractivity contribution in [1.82, 2.24) is 10.6 Å². The lowest BCUT2D eigenvalue weighted by Gasteiger charge is -2.41. The van der Waals surface area contributed by atoms with Crippen LogP contribution in [0.4, 0.5) is 4.79 Å². The minimum absolute atomic E-state index is 0.0134. The summed E-state index contributed by atoms with van der Waals surface area (Å²) in [6, 6.07) is 15.6. The Labute approximate surface area is 205 Å². The second-order valence-corrected chi connectivity index (χ2v) is 10.1. The highest BCUT2D eigenvalue weighted by Crippen LogP contribution is 2.50. The van der Waals surface area contributed by atoms with Gasteiger partial charge in [0.1, 0.15) is 12.6 Å². The van der Waals surface area contributed by atoms with Gasteiger partial charge in [-0.25, -0.2) is 4.79 Å². The third kappa shape index (κ3) is 4.51. The molecule has 3 aliphatic rings. The summed E-state index contributed by atoms with van der Waals surface area (Å²) in [5.74, 6) is -0.717. The van der Waals surface area contributed by atoms with Crippen molar-refractivity contribution >= 4 is 18.0 Å². The molecule has 0 aromatic heterocycles. The number of aliphatic carboxylic acids is 1. The average Bonchev–Trinajstić information content (AvgIpc) is 3.36. The molecule has 0 radical (unpaired) electrons. The molecule has 3 aliphatic carbocycles. The molecule has 0 bridgehead atoms. The van der Waals surface area contributed by atoms with Gasteiger partial charge in [0.2, 0.25) is 5.91 Å². The highest BCUT2D eigenvalue weighted by molar-refractivity contribution is 5.86. The standard InChI is InChI=1S/C28H32N2O5/c1-2-7-24(26(31)29-25-14-16-12-17(27(32)33)13-22(16)25)30-28(34)35-15-23-20-10-5-3-8-18(20)19-9-4-6-11-21(19)23/h3-6,8-11,16-17,22-25H,2,7,12-15H2,1H3,(H,29,31)(H,30,34)(H,32,33)/t16-,17?,22-,24?,25+/m0/s1. The average molecular weight is 477 g/mol. The van der Waals surface area contributed by atoms with Gasteiger partial charge < -0.3 is 20.5 Å². The third-order valence-corrected chi connectivity index (χ3v) is 8.03. The Hall–Kier alpha value is -3.35. The molecule has 2 saturated carbocycles. The SMILES string of the molecule is CCCC(NC(=O)OCC1c2ccccc2-c2ccccc21)C(=O)N[C@@H]1C[C@@H]2CC(C(=O)O)C[C@@H]21. The molecule has 5 atom stereocenters. The molecule has 7 nitrogen and oxygen atoms in total. The van der Waals surface area contributed by atoms with E-state index in [0.717, 1.165) is 35.1 Å². The Kier molecular flexibility index (Phi) is 6.50. The molecule has 2 unspecified atom stereocenters. The van der Waals surface area contributed by atoms with Crippen LogP contribution in [0.15, 0.2) is 48.5 Å². The number of carbonyl (C=O) groups excluding carboxylic acids is 2. The van der Waals surface area contributed by atoms with Crippen LogP contribution in [0.25, 0.3) is 11.1 Å². The number of hydrogen-bond donors (Lipinski definition) is 3. The zero-order valence-corrected chi connectivity index (χ0v) is 19.9. The van der Waals surface area contributed by atoms with Crippen molar-refractivity contribution in [3.05, 3.63) is 59.7 Å². The van der Waals surface area contributed by atoms with Crippen LogP contribution in [0.5, 0.6) is 0 Å². The lowest BCUT2D eigenvalue weighted by atomic mass is 9.71. The minimum atomic E-state index is -0.745. The van der Waals surface area contributed by atoms with Gasteiger partial charge in [-0.05, 0) is 59.8 Å². The van der Waals surface area contributed by atoms with E-state index in [-0.39, 0.29) is 36.3 Å². The van der Waals surface area contributed by atoms with E-state index >= 15 is 0 Å². The van der Waals surface area contributed by atoms with Crippen molar-refractivity contribution in [1.29, 1.82) is 0 Å². The first-order valence-electron chi connectivity index (χ1n) is 12.6. The van der Waals surface area contributed by atoms with Crippen LogP contribution in [0.1, 0.15) is 56.1 Å². The van der Waals surface area contributed by atoms with Gasteiger partial charge in [0.25, 0.3) is 0 Å². The molecule has 2 fully saturated rings. The molecule has 0 spiro atoms. The second-order valence-electron chi connectivity index (χ2n) is 10.1. The van der Waals surface area contributed by atoms with Gasteiger partial charge in [-0.15, -0.1) is 0 Å². The van der Waals surface area contributed by atoms with Gasteiger partial charge in [-0.3, -0.25) is 9.59 Å². The summed E-state index contributed by atoms with van der Waals surface area (Å²) in [4.78, 5) is 37.0. The molecule has 2 amide bonds. The third-order valence-electron chi connectivity index (χ3n) is 8.03. The maximum atomic E-state index is 13.0. The summed E-state index contributed by atoms with van der Waals surface area (Å²) in [5.41, 5.74) is 4.60. The van der Waals surface area contributed by atoms with Crippen molar-refractivity contribution in [2.45, 2.75) is 57.0 Å². The minimum Gasteiger partial charge on any atom is -0.481 e. The van der Waals surface area contributed by atoms with Crippen molar-refractivity contribution in [3.63, 3.8) is 0 Å². The van der Waals surface area contributed by atoms with Crippen molar-refractivity contribution in [3.8, 4) is 11.1 Å². The first-order valence-corrected chi connectivity index (χ1v) is 12.6. The second kappa shape index (κ2) is 9.72. The van der Waals surface area contributed by atoms with E-state index in [2.05, 4.69) is 34.9 Å². The van der Waals surface area contributed by atoms with Gasteiger partial charge in [0, 0.05) is 12.0 Å². The van der Waals surface area contributed by atoms with Crippen molar-refractivity contribution < 1.29 is 24.2 Å². The Morgan fingerprint density at radius 3 is 2.29 bits per heavy atom. The Morgan fingerprint density at radius 2 is 1.66 bits per heavy atom. The van der Waals surface area contributed by atoms with Gasteiger partial charge in [-0.2, -0.15) is 0 Å². The van der Waals surface area contributed by atoms with Gasteiger partial charge in [-0.1, -0.05) is 61.9 Å². The quantitative estimate of drug-likeness (QED) is 0.527. The van der Waals surface area contributed by atoms with E-state index in [1.165, 1.54) is 0 Å². The maximum absolute atomic E-state index is 13.0. The number of rotatable bonds is 8. The van der Waals surface area contributed by atoms with Crippen LogP contribution in [-0.4, -0.2) is 41.8 Å². The number of fused-ring (bicyclic) bond motifs is 4. The maximum Gasteiger partial charge on any atom is 0.407 e. The first kappa shape index (κ1) is 23.4. The molecular formula is C28H32N2O5. The number of carbonyl (C=O) groups is 3. The van der Waals surface area contributed by atoms with Crippen molar-refractivity contribution in [2.75, 3.05) is 6.61 Å².